The van der Waals surface area contributed by atoms with Gasteiger partial charge in [0, 0.05) is 12.1 Å². The van der Waals surface area contributed by atoms with Gasteiger partial charge < -0.3 is 14.5 Å². The Morgan fingerprint density at radius 2 is 1.95 bits per heavy atom. The van der Waals surface area contributed by atoms with Crippen molar-refractivity contribution in [1.82, 2.24) is 5.32 Å². The fraction of sp³-hybridized carbons (Fsp3) is 0.200. The van der Waals surface area contributed by atoms with E-state index in [1.807, 2.05) is 30.3 Å². The second-order valence-corrected chi connectivity index (χ2v) is 4.11. The summed E-state index contributed by atoms with van der Waals surface area (Å²) in [5, 5.41) is 2.63. The van der Waals surface area contributed by atoms with Crippen LogP contribution in [0.1, 0.15) is 17.0 Å². The zero-order chi connectivity index (χ0) is 14.4. The predicted octanol–water partition coefficient (Wildman–Crippen LogP) is 2.24. The average molecular weight is 273 g/mol. The summed E-state index contributed by atoms with van der Waals surface area (Å²) in [5.41, 5.74) is 1.63. The lowest BCUT2D eigenvalue weighted by molar-refractivity contribution is -0.140. The number of carbonyl (C=O) groups is 2. The van der Waals surface area contributed by atoms with Crippen LogP contribution in [-0.4, -0.2) is 25.5 Å². The Morgan fingerprint density at radius 1 is 1.20 bits per heavy atom. The van der Waals surface area contributed by atoms with Crippen LogP contribution in [0, 0.1) is 0 Å². The molecule has 0 saturated carbocycles. The molecule has 0 aliphatic rings. The van der Waals surface area contributed by atoms with Gasteiger partial charge in [0.05, 0.1) is 19.8 Å². The summed E-state index contributed by atoms with van der Waals surface area (Å²) in [6, 6.07) is 11.2. The van der Waals surface area contributed by atoms with Crippen molar-refractivity contribution in [2.45, 2.75) is 6.42 Å². The Labute approximate surface area is 116 Å². The molecule has 1 aromatic heterocycles. The van der Waals surface area contributed by atoms with Crippen molar-refractivity contribution in [1.29, 1.82) is 0 Å². The lowest BCUT2D eigenvalue weighted by Crippen LogP contribution is -2.26. The highest BCUT2D eigenvalue weighted by atomic mass is 16.5. The standard InChI is InChI=1S/C15H15NO4/c1-19-13(17)7-9-16-15(18)14-12(8-10-20-14)11-5-3-2-4-6-11/h2-6,8,10H,7,9H2,1H3,(H,16,18). The molecule has 0 aliphatic carbocycles. The minimum atomic E-state index is -0.368. The van der Waals surface area contributed by atoms with Gasteiger partial charge in [-0.05, 0) is 11.6 Å². The van der Waals surface area contributed by atoms with Crippen LogP contribution in [0.3, 0.4) is 0 Å². The molecule has 0 spiro atoms. The third kappa shape index (κ3) is 3.26. The Bertz CT molecular complexity index is 589. The molecule has 0 aliphatic heterocycles. The Kier molecular flexibility index (Phi) is 4.55. The first-order valence-electron chi connectivity index (χ1n) is 6.20. The van der Waals surface area contributed by atoms with Crippen LogP contribution in [0.5, 0.6) is 0 Å². The lowest BCUT2D eigenvalue weighted by Gasteiger charge is -2.04. The maximum absolute atomic E-state index is 12.0. The highest BCUT2D eigenvalue weighted by molar-refractivity contribution is 5.98. The van der Waals surface area contributed by atoms with Gasteiger partial charge >= 0.3 is 5.97 Å². The monoisotopic (exact) mass is 273 g/mol. The van der Waals surface area contributed by atoms with Gasteiger partial charge in [-0.3, -0.25) is 9.59 Å². The van der Waals surface area contributed by atoms with Gasteiger partial charge in [0.25, 0.3) is 5.91 Å². The number of esters is 1. The van der Waals surface area contributed by atoms with E-state index in [2.05, 4.69) is 10.1 Å². The normalized spacial score (nSPS) is 10.1. The molecule has 0 radical (unpaired) electrons. The first-order chi connectivity index (χ1) is 9.72. The van der Waals surface area contributed by atoms with Gasteiger partial charge in [0.2, 0.25) is 0 Å². The number of carbonyl (C=O) groups excluding carboxylic acids is 2. The number of hydrogen-bond donors (Lipinski definition) is 1. The SMILES string of the molecule is COC(=O)CCNC(=O)c1occc1-c1ccccc1. The summed E-state index contributed by atoms with van der Waals surface area (Å²) in [7, 11) is 1.31. The van der Waals surface area contributed by atoms with Crippen LogP contribution in [0.2, 0.25) is 0 Å². The van der Waals surface area contributed by atoms with Crippen LogP contribution in [0.15, 0.2) is 47.1 Å². The van der Waals surface area contributed by atoms with Crippen LogP contribution < -0.4 is 5.32 Å². The van der Waals surface area contributed by atoms with E-state index in [0.717, 1.165) is 11.1 Å². The molecule has 0 saturated heterocycles. The topological polar surface area (TPSA) is 68.5 Å². The minimum absolute atomic E-state index is 0.129. The summed E-state index contributed by atoms with van der Waals surface area (Å²) in [6.07, 6.45) is 1.60. The number of hydrogen-bond acceptors (Lipinski definition) is 4. The molecule has 20 heavy (non-hydrogen) atoms. The predicted molar refractivity (Wildman–Crippen MR) is 73.1 cm³/mol. The van der Waals surface area contributed by atoms with Crippen molar-refractivity contribution < 1.29 is 18.7 Å². The van der Waals surface area contributed by atoms with Crippen molar-refractivity contribution in [3.63, 3.8) is 0 Å². The second kappa shape index (κ2) is 6.56. The van der Waals surface area contributed by atoms with Crippen LogP contribution in [0.25, 0.3) is 11.1 Å². The van der Waals surface area contributed by atoms with E-state index in [-0.39, 0.29) is 30.6 Å². The summed E-state index contributed by atoms with van der Waals surface area (Å²) >= 11 is 0. The van der Waals surface area contributed by atoms with Gasteiger partial charge in [-0.1, -0.05) is 30.3 Å². The number of ether oxygens (including phenoxy) is 1. The van der Waals surface area contributed by atoms with E-state index in [9.17, 15) is 9.59 Å². The molecule has 0 unspecified atom stereocenters. The Balaban J connectivity index is 2.05. The molecule has 2 rings (SSSR count). The molecule has 2 aromatic rings. The molecule has 0 bridgehead atoms. The molecule has 0 atom stereocenters. The quantitative estimate of drug-likeness (QED) is 0.848. The minimum Gasteiger partial charge on any atom is -0.469 e. The fourth-order valence-electron chi connectivity index (χ4n) is 1.79. The van der Waals surface area contributed by atoms with Gasteiger partial charge in [-0.25, -0.2) is 0 Å². The van der Waals surface area contributed by atoms with E-state index in [1.54, 1.807) is 6.07 Å². The van der Waals surface area contributed by atoms with Crippen molar-refractivity contribution in [2.24, 2.45) is 0 Å². The summed E-state index contributed by atoms with van der Waals surface area (Å²) in [5.74, 6) is -0.480. The Hall–Kier alpha value is -2.56. The second-order valence-electron chi connectivity index (χ2n) is 4.11. The molecular formula is C15H15NO4. The van der Waals surface area contributed by atoms with Gasteiger partial charge in [-0.2, -0.15) is 0 Å². The largest absolute Gasteiger partial charge is 0.469 e. The molecule has 104 valence electrons. The highest BCUT2D eigenvalue weighted by Crippen LogP contribution is 2.24. The van der Waals surface area contributed by atoms with Crippen molar-refractivity contribution in [3.05, 3.63) is 48.4 Å². The third-order valence-electron chi connectivity index (χ3n) is 2.80. The number of methoxy groups -OCH3 is 1. The van der Waals surface area contributed by atoms with Crippen LogP contribution in [-0.2, 0) is 9.53 Å². The third-order valence-corrected chi connectivity index (χ3v) is 2.80. The summed E-state index contributed by atoms with van der Waals surface area (Å²) < 4.78 is 9.74. The van der Waals surface area contributed by atoms with Crippen LogP contribution >= 0.6 is 0 Å². The average Bonchev–Trinajstić information content (AvgIpc) is 2.97. The Morgan fingerprint density at radius 3 is 2.65 bits per heavy atom. The summed E-state index contributed by atoms with van der Waals surface area (Å²) in [4.78, 5) is 23.0. The zero-order valence-corrected chi connectivity index (χ0v) is 11.1. The van der Waals surface area contributed by atoms with Crippen molar-refractivity contribution in [3.8, 4) is 11.1 Å². The highest BCUT2D eigenvalue weighted by Gasteiger charge is 2.16. The van der Waals surface area contributed by atoms with E-state index in [1.165, 1.54) is 13.4 Å². The molecular weight excluding hydrogens is 258 g/mol. The van der Waals surface area contributed by atoms with Gasteiger partial charge in [-0.15, -0.1) is 0 Å². The van der Waals surface area contributed by atoms with Gasteiger partial charge in [0.1, 0.15) is 0 Å². The summed E-state index contributed by atoms with van der Waals surface area (Å²) in [6.45, 7) is 0.209. The van der Waals surface area contributed by atoms with Gasteiger partial charge in [0.15, 0.2) is 5.76 Å². The number of amides is 1. The number of benzene rings is 1. The molecule has 1 amide bonds. The lowest BCUT2D eigenvalue weighted by atomic mass is 10.1. The fourth-order valence-corrected chi connectivity index (χ4v) is 1.79. The number of rotatable bonds is 5. The van der Waals surface area contributed by atoms with E-state index >= 15 is 0 Å². The smallest absolute Gasteiger partial charge is 0.307 e. The van der Waals surface area contributed by atoms with E-state index in [0.29, 0.717) is 0 Å². The molecule has 1 heterocycles. The number of nitrogens with one attached hydrogen (secondary N) is 1. The van der Waals surface area contributed by atoms with E-state index < -0.39 is 0 Å². The molecule has 1 aromatic carbocycles. The molecule has 5 heteroatoms. The first-order valence-corrected chi connectivity index (χ1v) is 6.20. The molecule has 0 fully saturated rings. The van der Waals surface area contributed by atoms with Crippen LogP contribution in [0.4, 0.5) is 0 Å². The number of furan rings is 1. The van der Waals surface area contributed by atoms with Crippen molar-refractivity contribution >= 4 is 11.9 Å². The van der Waals surface area contributed by atoms with E-state index in [4.69, 9.17) is 4.42 Å². The van der Waals surface area contributed by atoms with Crippen molar-refractivity contribution in [2.75, 3.05) is 13.7 Å². The molecule has 5 nitrogen and oxygen atoms in total. The molecule has 1 N–H and O–H groups in total. The first kappa shape index (κ1) is 13.9. The zero-order valence-electron chi connectivity index (χ0n) is 11.1. The maximum atomic E-state index is 12.0. The maximum Gasteiger partial charge on any atom is 0.307 e.